The summed E-state index contributed by atoms with van der Waals surface area (Å²) >= 11 is 3.43. The Morgan fingerprint density at radius 2 is 1.93 bits per heavy atom. The van der Waals surface area contributed by atoms with E-state index in [9.17, 15) is 0 Å². The molecule has 0 radical (unpaired) electrons. The molecule has 1 aliphatic rings. The van der Waals surface area contributed by atoms with Crippen LogP contribution in [0.5, 0.6) is 0 Å². The van der Waals surface area contributed by atoms with Crippen molar-refractivity contribution in [3.8, 4) is 0 Å². The molecule has 0 aromatic carbocycles. The predicted molar refractivity (Wildman–Crippen MR) is 63.2 cm³/mol. The van der Waals surface area contributed by atoms with Gasteiger partial charge in [0.05, 0.1) is 13.2 Å². The Bertz CT molecular complexity index is 129. The van der Waals surface area contributed by atoms with Gasteiger partial charge in [-0.15, -0.1) is 0 Å². The molecule has 0 amide bonds. The Hall–Kier alpha value is 0.360. The summed E-state index contributed by atoms with van der Waals surface area (Å²) in [6.45, 7) is 7.44. The normalized spacial score (nSPS) is 18.6. The molecule has 84 valence electrons. The molecule has 3 nitrogen and oxygen atoms in total. The van der Waals surface area contributed by atoms with Gasteiger partial charge in [-0.1, -0.05) is 15.9 Å². The van der Waals surface area contributed by atoms with Crippen molar-refractivity contribution in [2.24, 2.45) is 0 Å². The van der Waals surface area contributed by atoms with E-state index in [4.69, 9.17) is 4.74 Å². The highest BCUT2D eigenvalue weighted by Crippen LogP contribution is 1.95. The largest absolute Gasteiger partial charge is 0.379 e. The monoisotopic (exact) mass is 264 g/mol. The summed E-state index contributed by atoms with van der Waals surface area (Å²) in [4.78, 5) is 2.46. The van der Waals surface area contributed by atoms with E-state index < -0.39 is 0 Å². The van der Waals surface area contributed by atoms with E-state index in [0.717, 1.165) is 51.3 Å². The molecule has 1 fully saturated rings. The van der Waals surface area contributed by atoms with Crippen molar-refractivity contribution < 1.29 is 4.74 Å². The van der Waals surface area contributed by atoms with Gasteiger partial charge in [-0.3, -0.25) is 4.90 Å². The second kappa shape index (κ2) is 8.65. The molecule has 0 bridgehead atoms. The van der Waals surface area contributed by atoms with E-state index >= 15 is 0 Å². The Kier molecular flexibility index (Phi) is 7.68. The van der Waals surface area contributed by atoms with Gasteiger partial charge in [0.1, 0.15) is 0 Å². The molecule has 0 unspecified atom stereocenters. The van der Waals surface area contributed by atoms with Gasteiger partial charge in [-0.25, -0.2) is 0 Å². The molecule has 0 aromatic rings. The van der Waals surface area contributed by atoms with E-state index in [0.29, 0.717) is 0 Å². The van der Waals surface area contributed by atoms with Crippen molar-refractivity contribution >= 4 is 15.9 Å². The Morgan fingerprint density at radius 1 is 1.14 bits per heavy atom. The fourth-order valence-corrected chi connectivity index (χ4v) is 1.93. The molecular weight excluding hydrogens is 244 g/mol. The zero-order valence-corrected chi connectivity index (χ0v) is 10.4. The molecule has 1 heterocycles. The number of rotatable bonds is 7. The maximum atomic E-state index is 5.29. The molecule has 0 aromatic heterocycles. The molecule has 1 saturated heterocycles. The third kappa shape index (κ3) is 5.96. The molecule has 14 heavy (non-hydrogen) atoms. The number of nitrogens with one attached hydrogen (secondary N) is 1. The average molecular weight is 265 g/mol. The van der Waals surface area contributed by atoms with Gasteiger partial charge in [0.2, 0.25) is 0 Å². The first-order valence-electron chi connectivity index (χ1n) is 5.50. The van der Waals surface area contributed by atoms with Gasteiger partial charge in [0, 0.05) is 31.5 Å². The van der Waals surface area contributed by atoms with E-state index in [2.05, 4.69) is 26.1 Å². The van der Waals surface area contributed by atoms with Gasteiger partial charge in [0.15, 0.2) is 0 Å². The Balaban J connectivity index is 1.82. The van der Waals surface area contributed by atoms with Gasteiger partial charge in [-0.05, 0) is 19.4 Å². The lowest BCUT2D eigenvalue weighted by Gasteiger charge is -2.26. The summed E-state index contributed by atoms with van der Waals surface area (Å²) in [5, 5.41) is 4.59. The van der Waals surface area contributed by atoms with Crippen LogP contribution in [-0.4, -0.2) is 56.2 Å². The van der Waals surface area contributed by atoms with Crippen LogP contribution in [0.3, 0.4) is 0 Å². The fourth-order valence-electron chi connectivity index (χ4n) is 1.53. The number of unbranched alkanes of at least 4 members (excludes halogenated alkanes) is 1. The molecule has 0 saturated carbocycles. The van der Waals surface area contributed by atoms with Crippen molar-refractivity contribution in [3.05, 3.63) is 0 Å². The minimum atomic E-state index is 0.906. The topological polar surface area (TPSA) is 24.5 Å². The number of hydrogen-bond acceptors (Lipinski definition) is 3. The number of morpholine rings is 1. The zero-order valence-electron chi connectivity index (χ0n) is 8.80. The molecule has 1 N–H and O–H groups in total. The molecule has 0 spiro atoms. The maximum absolute atomic E-state index is 5.29. The van der Waals surface area contributed by atoms with Crippen LogP contribution in [0.1, 0.15) is 12.8 Å². The lowest BCUT2D eigenvalue weighted by atomic mass is 10.3. The second-order valence-electron chi connectivity index (χ2n) is 3.60. The molecule has 1 aliphatic heterocycles. The number of halogens is 1. The van der Waals surface area contributed by atoms with Crippen LogP contribution in [0.2, 0.25) is 0 Å². The zero-order chi connectivity index (χ0) is 10.1. The van der Waals surface area contributed by atoms with Gasteiger partial charge in [-0.2, -0.15) is 0 Å². The smallest absolute Gasteiger partial charge is 0.0594 e. The molecule has 0 atom stereocenters. The van der Waals surface area contributed by atoms with Crippen LogP contribution < -0.4 is 5.32 Å². The van der Waals surface area contributed by atoms with Crippen LogP contribution in [-0.2, 0) is 4.74 Å². The lowest BCUT2D eigenvalue weighted by molar-refractivity contribution is 0.0384. The number of hydrogen-bond donors (Lipinski definition) is 1. The summed E-state index contributed by atoms with van der Waals surface area (Å²) in [7, 11) is 0. The Morgan fingerprint density at radius 3 is 2.64 bits per heavy atom. The summed E-state index contributed by atoms with van der Waals surface area (Å²) in [6, 6.07) is 0. The quantitative estimate of drug-likeness (QED) is 0.551. The van der Waals surface area contributed by atoms with E-state index in [1.807, 2.05) is 0 Å². The fraction of sp³-hybridized carbons (Fsp3) is 1.00. The van der Waals surface area contributed by atoms with Gasteiger partial charge < -0.3 is 10.1 Å². The summed E-state index contributed by atoms with van der Waals surface area (Å²) in [5.74, 6) is 0. The minimum absolute atomic E-state index is 0.906. The van der Waals surface area contributed by atoms with Crippen LogP contribution >= 0.6 is 15.9 Å². The van der Waals surface area contributed by atoms with Crippen molar-refractivity contribution in [2.75, 3.05) is 51.3 Å². The summed E-state index contributed by atoms with van der Waals surface area (Å²) in [6.07, 6.45) is 2.54. The molecule has 1 rings (SSSR count). The first-order chi connectivity index (χ1) is 6.93. The standard InChI is InChI=1S/C10H21BrN2O/c11-3-1-2-4-12-5-6-13-7-9-14-10-8-13/h12H,1-10H2. The molecule has 0 aliphatic carbocycles. The van der Waals surface area contributed by atoms with Gasteiger partial charge in [0.25, 0.3) is 0 Å². The maximum Gasteiger partial charge on any atom is 0.0594 e. The predicted octanol–water partition coefficient (Wildman–Crippen LogP) is 1.08. The summed E-state index contributed by atoms with van der Waals surface area (Å²) in [5.41, 5.74) is 0. The van der Waals surface area contributed by atoms with Crippen LogP contribution in [0.25, 0.3) is 0 Å². The van der Waals surface area contributed by atoms with E-state index in [-0.39, 0.29) is 0 Å². The highest BCUT2D eigenvalue weighted by atomic mass is 79.9. The van der Waals surface area contributed by atoms with Crippen molar-refractivity contribution in [1.29, 1.82) is 0 Å². The first-order valence-corrected chi connectivity index (χ1v) is 6.62. The Labute approximate surface area is 95.3 Å². The summed E-state index contributed by atoms with van der Waals surface area (Å²) < 4.78 is 5.29. The minimum Gasteiger partial charge on any atom is -0.379 e. The molecular formula is C10H21BrN2O. The highest BCUT2D eigenvalue weighted by molar-refractivity contribution is 9.09. The van der Waals surface area contributed by atoms with E-state index in [1.54, 1.807) is 0 Å². The number of nitrogens with zero attached hydrogens (tertiary/aromatic N) is 1. The average Bonchev–Trinajstić information content (AvgIpc) is 2.25. The highest BCUT2D eigenvalue weighted by Gasteiger charge is 2.08. The lowest BCUT2D eigenvalue weighted by Crippen LogP contribution is -2.40. The molecule has 4 heteroatoms. The number of alkyl halides is 1. The van der Waals surface area contributed by atoms with Crippen LogP contribution in [0, 0.1) is 0 Å². The third-order valence-electron chi connectivity index (χ3n) is 2.45. The van der Waals surface area contributed by atoms with Gasteiger partial charge >= 0.3 is 0 Å². The first kappa shape index (κ1) is 12.4. The number of ether oxygens (including phenoxy) is 1. The SMILES string of the molecule is BrCCCCNCCN1CCOCC1. The van der Waals surface area contributed by atoms with Crippen molar-refractivity contribution in [3.63, 3.8) is 0 Å². The van der Waals surface area contributed by atoms with Crippen LogP contribution in [0.15, 0.2) is 0 Å². The second-order valence-corrected chi connectivity index (χ2v) is 4.39. The third-order valence-corrected chi connectivity index (χ3v) is 3.01. The van der Waals surface area contributed by atoms with Crippen LogP contribution in [0.4, 0.5) is 0 Å². The van der Waals surface area contributed by atoms with E-state index in [1.165, 1.54) is 12.8 Å². The van der Waals surface area contributed by atoms with Crippen molar-refractivity contribution in [2.45, 2.75) is 12.8 Å². The van der Waals surface area contributed by atoms with Crippen molar-refractivity contribution in [1.82, 2.24) is 10.2 Å².